The molecule has 2 aliphatic rings. The van der Waals surface area contributed by atoms with Gasteiger partial charge in [0.25, 0.3) is 0 Å². The number of carbonyl (C=O) groups excluding carboxylic acids is 1. The van der Waals surface area contributed by atoms with Crippen LogP contribution in [0.15, 0.2) is 10.5 Å². The third kappa shape index (κ3) is 3.90. The Bertz CT molecular complexity index is 537. The van der Waals surface area contributed by atoms with E-state index >= 15 is 0 Å². The van der Waals surface area contributed by atoms with Crippen molar-refractivity contribution in [3.05, 3.63) is 16.1 Å². The summed E-state index contributed by atoms with van der Waals surface area (Å²) in [4.78, 5) is 16.2. The standard InChI is InChI=1S/C16H23N3OS/c1-11-17-15(10-21-11)9-16(20)19-18-14-7-6-12-4-2-3-5-13(12)8-14/h10,12-13H,2-9H2,1H3,(H,19,20)/b18-14+/t12-,13+/m1/s1. The minimum atomic E-state index is -0.0569. The maximum atomic E-state index is 11.9. The fourth-order valence-electron chi connectivity index (χ4n) is 3.63. The van der Waals surface area contributed by atoms with Crippen molar-refractivity contribution in [1.82, 2.24) is 10.4 Å². The molecule has 1 aromatic heterocycles. The quantitative estimate of drug-likeness (QED) is 0.870. The predicted octanol–water partition coefficient (Wildman–Crippen LogP) is 3.46. The van der Waals surface area contributed by atoms with Crippen LogP contribution < -0.4 is 5.43 Å². The summed E-state index contributed by atoms with van der Waals surface area (Å²) < 4.78 is 0. The van der Waals surface area contributed by atoms with Crippen LogP contribution in [0, 0.1) is 18.8 Å². The number of hydrazone groups is 1. The molecule has 1 N–H and O–H groups in total. The molecule has 0 bridgehead atoms. The second kappa shape index (κ2) is 6.69. The summed E-state index contributed by atoms with van der Waals surface area (Å²) >= 11 is 1.58. The molecule has 114 valence electrons. The summed E-state index contributed by atoms with van der Waals surface area (Å²) in [5, 5.41) is 7.31. The van der Waals surface area contributed by atoms with Gasteiger partial charge in [-0.05, 0) is 44.4 Å². The Morgan fingerprint density at radius 2 is 2.19 bits per heavy atom. The minimum Gasteiger partial charge on any atom is -0.273 e. The number of thiazole rings is 1. The van der Waals surface area contributed by atoms with Crippen LogP contribution in [0.2, 0.25) is 0 Å². The molecule has 4 nitrogen and oxygen atoms in total. The van der Waals surface area contributed by atoms with E-state index in [-0.39, 0.29) is 5.91 Å². The van der Waals surface area contributed by atoms with E-state index in [9.17, 15) is 4.79 Å². The van der Waals surface area contributed by atoms with Gasteiger partial charge in [-0.25, -0.2) is 10.4 Å². The Morgan fingerprint density at radius 3 is 2.95 bits per heavy atom. The first-order chi connectivity index (χ1) is 10.2. The van der Waals surface area contributed by atoms with E-state index in [0.29, 0.717) is 6.42 Å². The van der Waals surface area contributed by atoms with Crippen molar-refractivity contribution in [3.63, 3.8) is 0 Å². The van der Waals surface area contributed by atoms with Crippen LogP contribution in [0.5, 0.6) is 0 Å². The van der Waals surface area contributed by atoms with Crippen molar-refractivity contribution in [2.24, 2.45) is 16.9 Å². The molecule has 0 aliphatic heterocycles. The molecule has 0 aromatic carbocycles. The molecule has 2 saturated carbocycles. The lowest BCUT2D eigenvalue weighted by Crippen LogP contribution is -2.30. The van der Waals surface area contributed by atoms with Crippen LogP contribution in [0.25, 0.3) is 0 Å². The number of rotatable bonds is 3. The molecule has 2 fully saturated rings. The van der Waals surface area contributed by atoms with Gasteiger partial charge >= 0.3 is 0 Å². The molecule has 0 unspecified atom stereocenters. The van der Waals surface area contributed by atoms with Crippen LogP contribution >= 0.6 is 11.3 Å². The number of fused-ring (bicyclic) bond motifs is 1. The topological polar surface area (TPSA) is 54.4 Å². The lowest BCUT2D eigenvalue weighted by molar-refractivity contribution is -0.120. The molecule has 2 aliphatic carbocycles. The molecule has 5 heteroatoms. The van der Waals surface area contributed by atoms with E-state index in [1.165, 1.54) is 37.8 Å². The summed E-state index contributed by atoms with van der Waals surface area (Å²) in [6.07, 6.45) is 9.22. The Morgan fingerprint density at radius 1 is 1.38 bits per heavy atom. The van der Waals surface area contributed by atoms with Crippen molar-refractivity contribution < 1.29 is 4.79 Å². The number of nitrogens with one attached hydrogen (secondary N) is 1. The highest BCUT2D eigenvalue weighted by Gasteiger charge is 2.30. The maximum Gasteiger partial charge on any atom is 0.246 e. The van der Waals surface area contributed by atoms with Crippen molar-refractivity contribution >= 4 is 23.0 Å². The van der Waals surface area contributed by atoms with E-state index in [1.54, 1.807) is 11.3 Å². The van der Waals surface area contributed by atoms with Crippen molar-refractivity contribution in [2.75, 3.05) is 0 Å². The number of carbonyl (C=O) groups is 1. The average molecular weight is 305 g/mol. The van der Waals surface area contributed by atoms with Crippen LogP contribution in [-0.4, -0.2) is 16.6 Å². The van der Waals surface area contributed by atoms with Gasteiger partial charge in [0, 0.05) is 11.1 Å². The second-order valence-corrected chi connectivity index (χ2v) is 7.36. The molecule has 1 aromatic rings. The molecular formula is C16H23N3OS. The van der Waals surface area contributed by atoms with Gasteiger partial charge in [-0.3, -0.25) is 4.79 Å². The molecule has 1 heterocycles. The van der Waals surface area contributed by atoms with Crippen molar-refractivity contribution in [2.45, 2.75) is 58.3 Å². The van der Waals surface area contributed by atoms with E-state index in [1.807, 2.05) is 12.3 Å². The third-order valence-electron chi connectivity index (χ3n) is 4.71. The van der Waals surface area contributed by atoms with Gasteiger partial charge in [0.05, 0.1) is 17.1 Å². The number of hydrogen-bond donors (Lipinski definition) is 1. The molecule has 0 radical (unpaired) electrons. The Labute approximate surface area is 130 Å². The Hall–Kier alpha value is -1.23. The summed E-state index contributed by atoms with van der Waals surface area (Å²) in [7, 11) is 0. The van der Waals surface area contributed by atoms with Crippen molar-refractivity contribution in [1.29, 1.82) is 0 Å². The average Bonchev–Trinajstić information content (AvgIpc) is 2.90. The zero-order chi connectivity index (χ0) is 14.7. The van der Waals surface area contributed by atoms with Gasteiger partial charge in [-0.2, -0.15) is 5.10 Å². The van der Waals surface area contributed by atoms with Crippen LogP contribution in [-0.2, 0) is 11.2 Å². The first-order valence-electron chi connectivity index (χ1n) is 7.96. The van der Waals surface area contributed by atoms with Gasteiger partial charge in [0.15, 0.2) is 0 Å². The SMILES string of the molecule is Cc1nc(CC(=O)N/N=C2\CC[C@H]3CCCC[C@H]3C2)cs1. The zero-order valence-electron chi connectivity index (χ0n) is 12.6. The highest BCUT2D eigenvalue weighted by molar-refractivity contribution is 7.09. The summed E-state index contributed by atoms with van der Waals surface area (Å²) in [6.45, 7) is 1.95. The lowest BCUT2D eigenvalue weighted by atomic mass is 9.70. The van der Waals surface area contributed by atoms with Gasteiger partial charge in [-0.15, -0.1) is 11.3 Å². The lowest BCUT2D eigenvalue weighted by Gasteiger charge is -2.35. The molecule has 21 heavy (non-hydrogen) atoms. The highest BCUT2D eigenvalue weighted by Crippen LogP contribution is 2.39. The monoisotopic (exact) mass is 305 g/mol. The highest BCUT2D eigenvalue weighted by atomic mass is 32.1. The summed E-state index contributed by atoms with van der Waals surface area (Å²) in [5.41, 5.74) is 4.74. The Kier molecular flexibility index (Phi) is 4.68. The van der Waals surface area contributed by atoms with Crippen LogP contribution in [0.1, 0.15) is 55.6 Å². The normalized spacial score (nSPS) is 27.4. The van der Waals surface area contributed by atoms with E-state index in [4.69, 9.17) is 0 Å². The van der Waals surface area contributed by atoms with Gasteiger partial charge in [0.2, 0.25) is 5.91 Å². The number of aromatic nitrogens is 1. The summed E-state index contributed by atoms with van der Waals surface area (Å²) in [5.74, 6) is 1.66. The first kappa shape index (κ1) is 14.7. The van der Waals surface area contributed by atoms with Gasteiger partial charge < -0.3 is 0 Å². The maximum absolute atomic E-state index is 11.9. The fourth-order valence-corrected chi connectivity index (χ4v) is 4.24. The number of hydrogen-bond acceptors (Lipinski definition) is 4. The molecule has 0 saturated heterocycles. The van der Waals surface area contributed by atoms with E-state index < -0.39 is 0 Å². The van der Waals surface area contributed by atoms with E-state index in [0.717, 1.165) is 35.4 Å². The molecule has 1 amide bonds. The second-order valence-electron chi connectivity index (χ2n) is 6.30. The van der Waals surface area contributed by atoms with Gasteiger partial charge in [0.1, 0.15) is 0 Å². The Balaban J connectivity index is 1.50. The molecule has 3 rings (SSSR count). The number of aryl methyl sites for hydroxylation is 1. The first-order valence-corrected chi connectivity index (χ1v) is 8.84. The van der Waals surface area contributed by atoms with E-state index in [2.05, 4.69) is 15.5 Å². The van der Waals surface area contributed by atoms with Crippen LogP contribution in [0.4, 0.5) is 0 Å². The molecule has 0 spiro atoms. The minimum absolute atomic E-state index is 0.0569. The number of nitrogens with zero attached hydrogens (tertiary/aromatic N) is 2. The van der Waals surface area contributed by atoms with Gasteiger partial charge in [-0.1, -0.05) is 19.3 Å². The third-order valence-corrected chi connectivity index (χ3v) is 5.54. The smallest absolute Gasteiger partial charge is 0.246 e. The number of amides is 1. The van der Waals surface area contributed by atoms with Crippen LogP contribution in [0.3, 0.4) is 0 Å². The van der Waals surface area contributed by atoms with Crippen molar-refractivity contribution in [3.8, 4) is 0 Å². The molecular weight excluding hydrogens is 282 g/mol. The largest absolute Gasteiger partial charge is 0.273 e. The fraction of sp³-hybridized carbons (Fsp3) is 0.688. The molecule has 2 atom stereocenters. The zero-order valence-corrected chi connectivity index (χ0v) is 13.4. The predicted molar refractivity (Wildman–Crippen MR) is 85.4 cm³/mol. The summed E-state index contributed by atoms with van der Waals surface area (Å²) in [6, 6.07) is 0.